The summed E-state index contributed by atoms with van der Waals surface area (Å²) < 4.78 is 89.3. The Morgan fingerprint density at radius 2 is 1.16 bits per heavy atom. The molecule has 355 valence electrons. The summed E-state index contributed by atoms with van der Waals surface area (Å²) in [7, 11) is 0. The van der Waals surface area contributed by atoms with Gasteiger partial charge in [0.15, 0.2) is 0 Å². The summed E-state index contributed by atoms with van der Waals surface area (Å²) in [5.74, 6) is 0. The minimum atomic E-state index is -2.63. The minimum Gasteiger partial charge on any atom is -0.500 e. The molecule has 0 spiro atoms. The molecule has 0 aliphatic heterocycles. The number of pyridine rings is 3. The zero-order chi connectivity index (χ0) is 57.3. The first-order chi connectivity index (χ1) is 36.0. The van der Waals surface area contributed by atoms with Gasteiger partial charge in [-0.3, -0.25) is 4.98 Å². The standard InChI is InChI=1S/C42H45N2O.C22H22N.Ir/c1-25-17-28(40(3,4)5)15-16-31(25)34-21-37(43-23-26(34)2)33-14-12-13-32-35-24-44-36(22-38(35)45-39(32)33)27-18-29(41(6,7)8)20-30(19-27)42(9,10)11;1-16-10-11-18(14-20(16)17-8-6-5-7-9-17)21-15-19(12-13-23-21)22(2,3)4;/h12-13,15-24H,1-11H3;5-10,12-15H,1-4H3;/q2*-1;/i1D3,2D3,16D;1D3;. The van der Waals surface area contributed by atoms with E-state index in [1.165, 1.54) is 22.9 Å². The van der Waals surface area contributed by atoms with Gasteiger partial charge in [0, 0.05) is 68.0 Å². The summed E-state index contributed by atoms with van der Waals surface area (Å²) in [6.45, 7) is 18.1. The summed E-state index contributed by atoms with van der Waals surface area (Å²) in [6.07, 6.45) is 4.86. The molecule has 0 N–H and O–H groups in total. The van der Waals surface area contributed by atoms with E-state index in [0.29, 0.717) is 39.1 Å². The molecule has 5 aromatic carbocycles. The van der Waals surface area contributed by atoms with Gasteiger partial charge in [0.25, 0.3) is 0 Å². The number of fused-ring (bicyclic) bond motifs is 3. The van der Waals surface area contributed by atoms with Gasteiger partial charge in [-0.2, -0.15) is 0 Å². The summed E-state index contributed by atoms with van der Waals surface area (Å²) >= 11 is 0. The molecule has 0 saturated carbocycles. The van der Waals surface area contributed by atoms with Crippen LogP contribution in [0.1, 0.15) is 136 Å². The van der Waals surface area contributed by atoms with Crippen molar-refractivity contribution in [2.45, 2.75) is 125 Å². The zero-order valence-corrected chi connectivity index (χ0v) is 44.1. The van der Waals surface area contributed by atoms with Crippen LogP contribution in [0.15, 0.2) is 138 Å². The second kappa shape index (κ2) is 19.4. The molecule has 9 rings (SSSR count). The maximum Gasteiger partial charge on any atom is 0.124 e. The van der Waals surface area contributed by atoms with Gasteiger partial charge >= 0.3 is 0 Å². The second-order valence-electron chi connectivity index (χ2n) is 21.8. The number of benzene rings is 5. The van der Waals surface area contributed by atoms with Gasteiger partial charge in [-0.05, 0) is 115 Å². The van der Waals surface area contributed by atoms with Crippen molar-refractivity contribution in [1.82, 2.24) is 15.0 Å². The molecular formula is C64H67IrN3O-2. The van der Waals surface area contributed by atoms with Gasteiger partial charge in [0.1, 0.15) is 5.58 Å². The normalized spacial score (nSPS) is 14.8. The van der Waals surface area contributed by atoms with Gasteiger partial charge in [-0.1, -0.05) is 173 Å². The fourth-order valence-corrected chi connectivity index (χ4v) is 8.12. The topological polar surface area (TPSA) is 51.8 Å². The number of aromatic nitrogens is 3. The number of rotatable bonds is 5. The molecule has 0 aliphatic carbocycles. The molecule has 0 amide bonds. The number of nitrogens with zero attached hydrogens (tertiary/aromatic N) is 3. The van der Waals surface area contributed by atoms with Crippen molar-refractivity contribution in [3.8, 4) is 56.0 Å². The first kappa shape index (κ1) is 38.8. The first-order valence-corrected chi connectivity index (χ1v) is 23.1. The van der Waals surface area contributed by atoms with Crippen LogP contribution in [0.3, 0.4) is 0 Å². The fourth-order valence-electron chi connectivity index (χ4n) is 8.12. The molecule has 5 heteroatoms. The van der Waals surface area contributed by atoms with Crippen LogP contribution < -0.4 is 0 Å². The van der Waals surface area contributed by atoms with E-state index in [1.54, 1.807) is 36.5 Å². The third kappa shape index (κ3) is 11.1. The van der Waals surface area contributed by atoms with Crippen molar-refractivity contribution >= 4 is 21.9 Å². The van der Waals surface area contributed by atoms with Gasteiger partial charge in [0.2, 0.25) is 0 Å². The fraction of sp³-hybridized carbons (Fsp3) is 0.297. The van der Waals surface area contributed by atoms with Crippen LogP contribution in [0.4, 0.5) is 0 Å². The molecule has 0 unspecified atom stereocenters. The van der Waals surface area contributed by atoms with Crippen LogP contribution >= 0.6 is 0 Å². The molecule has 69 heavy (non-hydrogen) atoms. The second-order valence-corrected chi connectivity index (χ2v) is 21.8. The van der Waals surface area contributed by atoms with E-state index in [-0.39, 0.29) is 64.6 Å². The Labute approximate surface area is 439 Å². The molecule has 4 heterocycles. The van der Waals surface area contributed by atoms with Crippen LogP contribution in [0, 0.1) is 32.7 Å². The summed E-state index contributed by atoms with van der Waals surface area (Å²) in [5.41, 5.74) is 10.8. The number of furan rings is 1. The molecular weight excluding hydrogens is 1020 g/mol. The van der Waals surface area contributed by atoms with E-state index >= 15 is 0 Å². The molecule has 0 aliphatic rings. The minimum absolute atomic E-state index is 0. The van der Waals surface area contributed by atoms with Crippen LogP contribution in [-0.4, -0.2) is 15.0 Å². The molecule has 9 aromatic rings. The summed E-state index contributed by atoms with van der Waals surface area (Å²) in [4.78, 5) is 13.9. The van der Waals surface area contributed by atoms with E-state index in [1.807, 2.05) is 81.6 Å². The molecule has 4 aromatic heterocycles. The number of hydrogen-bond donors (Lipinski definition) is 0. The Hall–Kier alpha value is -6.00. The maximum atomic E-state index is 9.03. The SMILES string of the molecule is [2H]C([2H])([2H])c1c[c-]c(-c2cc(C(C)(C)C)ccn2)cc1-c1ccccc1.[2H]c1cc(C(C)(C)C)cc(C([2H])([2H])[2H])c1-c1cc(-c2[c-]ccc3c2oc2cc(-c4cc(C(C)(C)C)cc(C(C)(C)C)c4)ncc23)ncc1C([2H])([2H])[2H].[Ir]. The molecule has 0 fully saturated rings. The average molecular weight is 1100 g/mol. The molecule has 0 atom stereocenters. The molecule has 4 nitrogen and oxygen atoms in total. The number of hydrogen-bond acceptors (Lipinski definition) is 4. The average Bonchev–Trinajstić information content (AvgIpc) is 3.87. The van der Waals surface area contributed by atoms with E-state index in [4.69, 9.17) is 23.1 Å². The smallest absolute Gasteiger partial charge is 0.124 e. The Morgan fingerprint density at radius 1 is 0.507 bits per heavy atom. The summed E-state index contributed by atoms with van der Waals surface area (Å²) in [6, 6.07) is 40.4. The Morgan fingerprint density at radius 3 is 1.81 bits per heavy atom. The predicted molar refractivity (Wildman–Crippen MR) is 287 cm³/mol. The van der Waals surface area contributed by atoms with Gasteiger partial charge in [-0.15, -0.1) is 47.5 Å². The van der Waals surface area contributed by atoms with E-state index < -0.39 is 26.0 Å². The molecule has 0 saturated heterocycles. The van der Waals surface area contributed by atoms with Gasteiger partial charge < -0.3 is 14.4 Å². The Balaban J connectivity index is 0.000000280. The zero-order valence-electron chi connectivity index (χ0n) is 51.7. The third-order valence-electron chi connectivity index (χ3n) is 12.5. The van der Waals surface area contributed by atoms with Crippen molar-refractivity contribution in [2.75, 3.05) is 0 Å². The Kier molecular flexibility index (Phi) is 10.9. The van der Waals surface area contributed by atoms with Crippen LogP contribution in [0.2, 0.25) is 0 Å². The number of aryl methyl sites for hydroxylation is 3. The van der Waals surface area contributed by atoms with Crippen LogP contribution in [-0.2, 0) is 41.8 Å². The van der Waals surface area contributed by atoms with Gasteiger partial charge in [0.05, 0.1) is 12.6 Å². The van der Waals surface area contributed by atoms with Crippen molar-refractivity contribution < 1.29 is 38.2 Å². The monoisotopic (exact) mass is 1100 g/mol. The van der Waals surface area contributed by atoms with Gasteiger partial charge in [-0.25, -0.2) is 0 Å². The quantitative estimate of drug-likeness (QED) is 0.161. The van der Waals surface area contributed by atoms with Crippen LogP contribution in [0.5, 0.6) is 0 Å². The van der Waals surface area contributed by atoms with Crippen molar-refractivity contribution in [1.29, 1.82) is 0 Å². The van der Waals surface area contributed by atoms with E-state index in [2.05, 4.69) is 109 Å². The molecule has 1 radical (unpaired) electrons. The molecule has 0 bridgehead atoms. The van der Waals surface area contributed by atoms with Crippen molar-refractivity contribution in [3.05, 3.63) is 185 Å². The van der Waals surface area contributed by atoms with Crippen molar-refractivity contribution in [2.24, 2.45) is 0 Å². The Bertz CT molecular complexity index is 3670. The predicted octanol–water partition coefficient (Wildman–Crippen LogP) is 17.5. The van der Waals surface area contributed by atoms with Crippen LogP contribution in [0.25, 0.3) is 78.0 Å². The third-order valence-corrected chi connectivity index (χ3v) is 12.5. The van der Waals surface area contributed by atoms with E-state index in [9.17, 15) is 0 Å². The first-order valence-electron chi connectivity index (χ1n) is 28.1. The maximum absolute atomic E-state index is 9.03. The largest absolute Gasteiger partial charge is 0.500 e. The van der Waals surface area contributed by atoms with Crippen molar-refractivity contribution in [3.63, 3.8) is 0 Å². The van der Waals surface area contributed by atoms with E-state index in [0.717, 1.165) is 38.9 Å². The summed E-state index contributed by atoms with van der Waals surface area (Å²) in [5, 5.41) is 1.58.